The molecule has 1 N–H and O–H groups in total. The van der Waals surface area contributed by atoms with E-state index < -0.39 is 34.2 Å². The van der Waals surface area contributed by atoms with Gasteiger partial charge in [-0.05, 0) is 43.5 Å². The molecule has 0 atom stereocenters. The molecule has 0 aliphatic carbocycles. The Morgan fingerprint density at radius 2 is 1.68 bits per heavy atom. The third-order valence-electron chi connectivity index (χ3n) is 5.11. The van der Waals surface area contributed by atoms with Crippen LogP contribution in [0.25, 0.3) is 0 Å². The summed E-state index contributed by atoms with van der Waals surface area (Å²) in [5.74, 6) is -1.09. The number of alkyl halides is 3. The van der Waals surface area contributed by atoms with Crippen molar-refractivity contribution in [2.45, 2.75) is 25.9 Å². The van der Waals surface area contributed by atoms with Crippen LogP contribution < -0.4 is 4.72 Å². The smallest absolute Gasteiger partial charge is 0.335 e. The highest BCUT2D eigenvalue weighted by Gasteiger charge is 2.40. The van der Waals surface area contributed by atoms with Gasteiger partial charge in [-0.25, -0.2) is 8.42 Å². The molecule has 2 heterocycles. The third-order valence-corrected chi connectivity index (χ3v) is 5.54. The Labute approximate surface area is 178 Å². The first-order chi connectivity index (χ1) is 14.6. The van der Waals surface area contributed by atoms with E-state index in [0.717, 1.165) is 0 Å². The molecular formula is C19H21F3N4O4S. The average Bonchev–Trinajstić information content (AvgIpc) is 2.73. The largest absolute Gasteiger partial charge is 0.414 e. The summed E-state index contributed by atoms with van der Waals surface area (Å²) in [7, 11) is -2.82. The number of hydrogen-bond donors (Lipinski definition) is 2. The minimum Gasteiger partial charge on any atom is -0.335 e. The number of thiol groups is 1. The summed E-state index contributed by atoms with van der Waals surface area (Å²) in [5.41, 5.74) is -0.204. The summed E-state index contributed by atoms with van der Waals surface area (Å²) in [6.07, 6.45) is -3.45. The molecule has 0 aromatic heterocycles. The number of piperazine rings is 1. The highest BCUT2D eigenvalue weighted by Crippen LogP contribution is 2.34. The van der Waals surface area contributed by atoms with Gasteiger partial charge in [0.2, 0.25) is 10.9 Å². The van der Waals surface area contributed by atoms with E-state index in [1.54, 1.807) is 13.0 Å². The Morgan fingerprint density at radius 3 is 2.23 bits per heavy atom. The number of allylic oxidation sites excluding steroid dienone is 1. The second-order valence-corrected chi connectivity index (χ2v) is 7.90. The lowest BCUT2D eigenvalue weighted by atomic mass is 10.0. The molecule has 1 aromatic rings. The summed E-state index contributed by atoms with van der Waals surface area (Å²) in [4.78, 5) is 31.9. The topological polar surface area (TPSA) is 99.2 Å². The van der Waals surface area contributed by atoms with Crippen LogP contribution in [0.2, 0.25) is 0 Å². The molecule has 31 heavy (non-hydrogen) atoms. The Hall–Kier alpha value is -2.89. The molecule has 8 nitrogen and oxygen atoms in total. The van der Waals surface area contributed by atoms with Crippen LogP contribution in [0.1, 0.15) is 28.8 Å². The van der Waals surface area contributed by atoms with E-state index in [9.17, 15) is 31.2 Å². The van der Waals surface area contributed by atoms with E-state index in [1.165, 1.54) is 28.1 Å². The maximum absolute atomic E-state index is 13.2. The first-order valence-electron chi connectivity index (χ1n) is 9.51. The first-order valence-corrected chi connectivity index (χ1v) is 10.7. The number of amides is 2. The van der Waals surface area contributed by atoms with Crippen LogP contribution in [0.4, 0.5) is 18.9 Å². The van der Waals surface area contributed by atoms with Crippen molar-refractivity contribution < 1.29 is 31.2 Å². The first kappa shape index (κ1) is 22.8. The number of benzene rings is 1. The molecule has 2 aliphatic heterocycles. The van der Waals surface area contributed by atoms with Gasteiger partial charge in [0.15, 0.2) is 0 Å². The number of aliphatic imine (C=N–C) groups is 1. The van der Waals surface area contributed by atoms with Crippen LogP contribution >= 0.6 is 0 Å². The fourth-order valence-electron chi connectivity index (χ4n) is 3.49. The number of nitrogens with one attached hydrogen (secondary N) is 1. The van der Waals surface area contributed by atoms with Crippen LogP contribution in [0.3, 0.4) is 0 Å². The molecular weight excluding hydrogens is 437 g/mol. The van der Waals surface area contributed by atoms with Gasteiger partial charge >= 0.3 is 6.18 Å². The Balaban J connectivity index is 1.67. The number of rotatable bonds is 4. The van der Waals surface area contributed by atoms with Gasteiger partial charge in [-0.2, -0.15) is 13.2 Å². The molecule has 1 saturated heterocycles. The summed E-state index contributed by atoms with van der Waals surface area (Å²) in [6.45, 7) is 2.15. The number of nitrogens with zero attached hydrogens (tertiary/aromatic N) is 3. The van der Waals surface area contributed by atoms with Crippen LogP contribution in [0.5, 0.6) is 0 Å². The zero-order valence-electron chi connectivity index (χ0n) is 16.6. The second kappa shape index (κ2) is 9.08. The lowest BCUT2D eigenvalue weighted by molar-refractivity contribution is -0.130. The average molecular weight is 458 g/mol. The molecule has 168 valence electrons. The second-order valence-electron chi connectivity index (χ2n) is 7.16. The van der Waals surface area contributed by atoms with Crippen molar-refractivity contribution in [2.75, 3.05) is 30.9 Å². The highest BCUT2D eigenvalue weighted by molar-refractivity contribution is 7.73. The van der Waals surface area contributed by atoms with E-state index in [2.05, 4.69) is 9.71 Å². The number of carbonyl (C=O) groups is 2. The van der Waals surface area contributed by atoms with E-state index in [4.69, 9.17) is 0 Å². The maximum atomic E-state index is 13.2. The highest BCUT2D eigenvalue weighted by atomic mass is 32.2. The molecule has 0 unspecified atom stereocenters. The zero-order chi connectivity index (χ0) is 22.8. The van der Waals surface area contributed by atoms with E-state index >= 15 is 0 Å². The molecule has 1 fully saturated rings. The van der Waals surface area contributed by atoms with Crippen molar-refractivity contribution in [3.63, 3.8) is 0 Å². The minimum atomic E-state index is -4.61. The van der Waals surface area contributed by atoms with E-state index in [-0.39, 0.29) is 44.9 Å². The van der Waals surface area contributed by atoms with Crippen molar-refractivity contribution in [3.8, 4) is 0 Å². The number of carbonyl (C=O) groups excluding carboxylic acids is 2. The van der Waals surface area contributed by atoms with E-state index in [0.29, 0.717) is 16.8 Å². The van der Waals surface area contributed by atoms with Gasteiger partial charge in [-0.15, -0.1) is 0 Å². The SMILES string of the molecule is Cc1cc(C(=O)N2CCN(C(=O)C3=C(C(F)(F)F)CCC=N3)CC2)ccc1N[SH](=O)=O. The molecule has 12 heteroatoms. The van der Waals surface area contributed by atoms with Crippen molar-refractivity contribution >= 4 is 34.6 Å². The maximum Gasteiger partial charge on any atom is 0.414 e. The van der Waals surface area contributed by atoms with Crippen molar-refractivity contribution in [1.29, 1.82) is 0 Å². The zero-order valence-corrected chi connectivity index (χ0v) is 17.5. The Bertz CT molecular complexity index is 1020. The van der Waals surface area contributed by atoms with Gasteiger partial charge in [-0.1, -0.05) is 0 Å². The van der Waals surface area contributed by atoms with Crippen LogP contribution in [-0.2, 0) is 15.7 Å². The van der Waals surface area contributed by atoms with Crippen LogP contribution in [0.15, 0.2) is 34.5 Å². The van der Waals surface area contributed by atoms with Crippen LogP contribution in [0, 0.1) is 6.92 Å². The molecule has 0 radical (unpaired) electrons. The number of aryl methyl sites for hydroxylation is 1. The predicted octanol–water partition coefficient (Wildman–Crippen LogP) is 1.90. The number of anilines is 1. The molecule has 2 aliphatic rings. The van der Waals surface area contributed by atoms with Crippen molar-refractivity contribution in [2.24, 2.45) is 4.99 Å². The summed E-state index contributed by atoms with van der Waals surface area (Å²) >= 11 is 0. The quantitative estimate of drug-likeness (QED) is 0.674. The lowest BCUT2D eigenvalue weighted by Gasteiger charge is -2.35. The molecule has 1 aromatic carbocycles. The summed E-state index contributed by atoms with van der Waals surface area (Å²) in [6, 6.07) is 4.53. The van der Waals surface area contributed by atoms with Gasteiger partial charge in [0.25, 0.3) is 11.8 Å². The Morgan fingerprint density at radius 1 is 1.06 bits per heavy atom. The van der Waals surface area contributed by atoms with Gasteiger partial charge in [0.05, 0.1) is 11.3 Å². The number of halogens is 3. The van der Waals surface area contributed by atoms with Crippen LogP contribution in [-0.4, -0.2) is 68.6 Å². The minimum absolute atomic E-state index is 0.0873. The predicted molar refractivity (Wildman–Crippen MR) is 108 cm³/mol. The van der Waals surface area contributed by atoms with Gasteiger partial charge in [0.1, 0.15) is 5.70 Å². The van der Waals surface area contributed by atoms with Gasteiger partial charge in [-0.3, -0.25) is 19.3 Å². The normalized spacial score (nSPS) is 17.3. The van der Waals surface area contributed by atoms with Crippen molar-refractivity contribution in [3.05, 3.63) is 40.6 Å². The van der Waals surface area contributed by atoms with E-state index in [1.807, 2.05) is 0 Å². The van der Waals surface area contributed by atoms with Crippen molar-refractivity contribution in [1.82, 2.24) is 9.80 Å². The van der Waals surface area contributed by atoms with Gasteiger partial charge in [0, 0.05) is 38.0 Å². The fraction of sp³-hybridized carbons (Fsp3) is 0.421. The fourth-order valence-corrected chi connectivity index (χ4v) is 3.93. The molecule has 0 saturated carbocycles. The number of hydrogen-bond acceptors (Lipinski definition) is 5. The summed E-state index contributed by atoms with van der Waals surface area (Å²) < 4.78 is 63.5. The standard InChI is InChI=1S/C19H21F3N4O4S/c1-12-11-13(4-5-15(12)24-31(29)30)17(27)25-7-9-26(10-8-25)18(28)16-14(19(20,21)22)3-2-6-23-16/h4-6,11,31H,2-3,7-10H2,1H3,(H,24,29,30). The molecule has 2 amide bonds. The molecule has 0 bridgehead atoms. The molecule has 0 spiro atoms. The molecule has 3 rings (SSSR count). The Kier molecular flexibility index (Phi) is 6.68. The third kappa shape index (κ3) is 5.24. The lowest BCUT2D eigenvalue weighted by Crippen LogP contribution is -2.51. The summed E-state index contributed by atoms with van der Waals surface area (Å²) in [5, 5.41) is 0. The van der Waals surface area contributed by atoms with Gasteiger partial charge < -0.3 is 9.80 Å². The monoisotopic (exact) mass is 458 g/mol.